The minimum absolute atomic E-state index is 0.00940. The molecular formula is C29H33ClFN3O4S. The fourth-order valence-electron chi connectivity index (χ4n) is 4.06. The van der Waals surface area contributed by atoms with Crippen molar-refractivity contribution in [3.63, 3.8) is 0 Å². The van der Waals surface area contributed by atoms with Crippen molar-refractivity contribution in [3.05, 3.63) is 101 Å². The molecule has 3 aromatic rings. The zero-order valence-electron chi connectivity index (χ0n) is 22.4. The lowest BCUT2D eigenvalue weighted by atomic mass is 10.0. The highest BCUT2D eigenvalue weighted by Crippen LogP contribution is 2.22. The molecule has 2 amide bonds. The van der Waals surface area contributed by atoms with Gasteiger partial charge in [0.2, 0.25) is 21.8 Å². The molecule has 0 aliphatic rings. The fourth-order valence-corrected chi connectivity index (χ4v) is 5.12. The first-order valence-electron chi connectivity index (χ1n) is 12.4. The summed E-state index contributed by atoms with van der Waals surface area (Å²) in [6, 6.07) is 20.0. The van der Waals surface area contributed by atoms with Gasteiger partial charge in [-0.15, -0.1) is 0 Å². The van der Waals surface area contributed by atoms with E-state index in [-0.39, 0.29) is 24.6 Å². The molecule has 0 aliphatic carbocycles. The molecule has 1 atom stereocenters. The highest BCUT2D eigenvalue weighted by molar-refractivity contribution is 7.92. The second kappa shape index (κ2) is 12.6. The van der Waals surface area contributed by atoms with Crippen LogP contribution in [0.25, 0.3) is 0 Å². The van der Waals surface area contributed by atoms with Crippen molar-refractivity contribution < 1.29 is 22.4 Å². The van der Waals surface area contributed by atoms with Crippen molar-refractivity contribution in [1.29, 1.82) is 0 Å². The van der Waals surface area contributed by atoms with Crippen LogP contribution in [-0.4, -0.2) is 49.5 Å². The summed E-state index contributed by atoms with van der Waals surface area (Å²) < 4.78 is 39.9. The molecule has 0 radical (unpaired) electrons. The van der Waals surface area contributed by atoms with E-state index in [4.69, 9.17) is 11.6 Å². The van der Waals surface area contributed by atoms with Gasteiger partial charge >= 0.3 is 0 Å². The smallest absolute Gasteiger partial charge is 0.244 e. The third-order valence-corrected chi connectivity index (χ3v) is 7.18. The van der Waals surface area contributed by atoms with Crippen molar-refractivity contribution in [2.45, 2.75) is 45.3 Å². The van der Waals surface area contributed by atoms with Gasteiger partial charge in [0, 0.05) is 23.5 Å². The van der Waals surface area contributed by atoms with E-state index in [0.29, 0.717) is 10.6 Å². The maximum Gasteiger partial charge on any atom is 0.244 e. The van der Waals surface area contributed by atoms with Crippen LogP contribution in [0.3, 0.4) is 0 Å². The number of hydrogen-bond donors (Lipinski definition) is 1. The van der Waals surface area contributed by atoms with Crippen LogP contribution in [0.4, 0.5) is 10.1 Å². The zero-order valence-corrected chi connectivity index (χ0v) is 24.0. The molecule has 39 heavy (non-hydrogen) atoms. The van der Waals surface area contributed by atoms with Gasteiger partial charge < -0.3 is 10.2 Å². The number of carbonyl (C=O) groups excluding carboxylic acids is 2. The first-order valence-corrected chi connectivity index (χ1v) is 14.6. The average molecular weight is 574 g/mol. The van der Waals surface area contributed by atoms with E-state index in [1.807, 2.05) is 51.1 Å². The number of benzene rings is 3. The van der Waals surface area contributed by atoms with E-state index in [2.05, 4.69) is 5.32 Å². The summed E-state index contributed by atoms with van der Waals surface area (Å²) in [5.41, 5.74) is 1.05. The summed E-state index contributed by atoms with van der Waals surface area (Å²) >= 11 is 6.20. The summed E-state index contributed by atoms with van der Waals surface area (Å²) in [6.07, 6.45) is 1.17. The summed E-state index contributed by atoms with van der Waals surface area (Å²) in [5, 5.41) is 3.42. The average Bonchev–Trinajstić information content (AvgIpc) is 2.84. The van der Waals surface area contributed by atoms with E-state index in [1.54, 1.807) is 24.3 Å². The SMILES string of the molecule is CC(C)(C)NC(=O)[C@@H](Cc1ccccc1)N(Cc1cccc(Cl)c1)C(=O)CN(c1ccc(F)cc1)S(C)(=O)=O. The first-order chi connectivity index (χ1) is 18.2. The molecule has 0 spiro atoms. The molecule has 3 rings (SSSR count). The van der Waals surface area contributed by atoms with Gasteiger partial charge in [-0.3, -0.25) is 13.9 Å². The van der Waals surface area contributed by atoms with E-state index in [9.17, 15) is 22.4 Å². The van der Waals surface area contributed by atoms with Gasteiger partial charge in [0.1, 0.15) is 18.4 Å². The molecule has 10 heteroatoms. The molecule has 7 nitrogen and oxygen atoms in total. The fraction of sp³-hybridized carbons (Fsp3) is 0.310. The van der Waals surface area contributed by atoms with Gasteiger partial charge in [0.05, 0.1) is 11.9 Å². The van der Waals surface area contributed by atoms with Crippen LogP contribution in [0, 0.1) is 5.82 Å². The lowest BCUT2D eigenvalue weighted by molar-refractivity contribution is -0.140. The Morgan fingerprint density at radius 2 is 1.56 bits per heavy atom. The number of rotatable bonds is 10. The zero-order chi connectivity index (χ0) is 28.8. The molecule has 0 unspecified atom stereocenters. The molecule has 0 aromatic heterocycles. The van der Waals surface area contributed by atoms with E-state index < -0.39 is 39.9 Å². The predicted molar refractivity (Wildman–Crippen MR) is 152 cm³/mol. The monoisotopic (exact) mass is 573 g/mol. The largest absolute Gasteiger partial charge is 0.350 e. The molecule has 0 aliphatic heterocycles. The van der Waals surface area contributed by atoms with E-state index >= 15 is 0 Å². The lowest BCUT2D eigenvalue weighted by Gasteiger charge is -2.35. The molecule has 0 saturated heterocycles. The highest BCUT2D eigenvalue weighted by Gasteiger charge is 2.34. The standard InChI is InChI=1S/C29H33ClFN3O4S/c1-29(2,3)32-28(36)26(18-21-9-6-5-7-10-21)33(19-22-11-8-12-23(30)17-22)27(35)20-34(39(4,37)38)25-15-13-24(31)14-16-25/h5-17,26H,18-20H2,1-4H3,(H,32,36)/t26-/m1/s1. The number of anilines is 1. The van der Waals surface area contributed by atoms with Gasteiger partial charge in [0.15, 0.2) is 0 Å². The number of hydrogen-bond acceptors (Lipinski definition) is 4. The number of amides is 2. The Kier molecular flexibility index (Phi) is 9.74. The van der Waals surface area contributed by atoms with Crippen molar-refractivity contribution in [2.24, 2.45) is 0 Å². The first kappa shape index (κ1) is 30.1. The molecule has 3 aromatic carbocycles. The summed E-state index contributed by atoms with van der Waals surface area (Å²) in [7, 11) is -3.93. The molecular weight excluding hydrogens is 541 g/mol. The molecule has 0 fully saturated rings. The topological polar surface area (TPSA) is 86.8 Å². The lowest BCUT2D eigenvalue weighted by Crippen LogP contribution is -2.56. The second-order valence-electron chi connectivity index (χ2n) is 10.3. The second-order valence-corrected chi connectivity index (χ2v) is 12.7. The highest BCUT2D eigenvalue weighted by atomic mass is 35.5. The van der Waals surface area contributed by atoms with Crippen LogP contribution in [0.15, 0.2) is 78.9 Å². The summed E-state index contributed by atoms with van der Waals surface area (Å²) in [4.78, 5) is 29.0. The van der Waals surface area contributed by atoms with Crippen LogP contribution >= 0.6 is 11.6 Å². The number of nitrogens with one attached hydrogen (secondary N) is 1. The maximum atomic E-state index is 14.0. The third kappa shape index (κ3) is 9.07. The molecule has 1 N–H and O–H groups in total. The third-order valence-electron chi connectivity index (χ3n) is 5.81. The summed E-state index contributed by atoms with van der Waals surface area (Å²) in [5.74, 6) is -1.52. The van der Waals surface area contributed by atoms with Crippen molar-refractivity contribution in [3.8, 4) is 0 Å². The van der Waals surface area contributed by atoms with Crippen LogP contribution < -0.4 is 9.62 Å². The van der Waals surface area contributed by atoms with Crippen LogP contribution in [0.1, 0.15) is 31.9 Å². The van der Waals surface area contributed by atoms with Crippen molar-refractivity contribution >= 4 is 39.1 Å². The number of carbonyl (C=O) groups is 2. The summed E-state index contributed by atoms with van der Waals surface area (Å²) in [6.45, 7) is 4.95. The number of sulfonamides is 1. The quantitative estimate of drug-likeness (QED) is 0.377. The van der Waals surface area contributed by atoms with E-state index in [0.717, 1.165) is 28.3 Å². The Hall–Kier alpha value is -3.43. The van der Waals surface area contributed by atoms with Gasteiger partial charge in [-0.25, -0.2) is 12.8 Å². The van der Waals surface area contributed by atoms with Crippen LogP contribution in [-0.2, 0) is 32.6 Å². The molecule has 0 bridgehead atoms. The van der Waals surface area contributed by atoms with Crippen molar-refractivity contribution in [1.82, 2.24) is 10.2 Å². The molecule has 0 saturated carbocycles. The van der Waals surface area contributed by atoms with Gasteiger partial charge in [0.25, 0.3) is 0 Å². The normalized spacial score (nSPS) is 12.5. The maximum absolute atomic E-state index is 14.0. The van der Waals surface area contributed by atoms with Crippen LogP contribution in [0.2, 0.25) is 5.02 Å². The molecule has 208 valence electrons. The Bertz CT molecular complexity index is 1390. The van der Waals surface area contributed by atoms with Gasteiger partial charge in [-0.1, -0.05) is 54.1 Å². The van der Waals surface area contributed by atoms with E-state index in [1.165, 1.54) is 17.0 Å². The number of halogens is 2. The van der Waals surface area contributed by atoms with Crippen LogP contribution in [0.5, 0.6) is 0 Å². The van der Waals surface area contributed by atoms with Gasteiger partial charge in [-0.05, 0) is 68.3 Å². The Morgan fingerprint density at radius 3 is 2.13 bits per heavy atom. The molecule has 0 heterocycles. The van der Waals surface area contributed by atoms with Gasteiger partial charge in [-0.2, -0.15) is 0 Å². The minimum Gasteiger partial charge on any atom is -0.350 e. The Labute approximate surface area is 234 Å². The Balaban J connectivity index is 2.07. The Morgan fingerprint density at radius 1 is 0.949 bits per heavy atom. The predicted octanol–water partition coefficient (Wildman–Crippen LogP) is 4.80. The van der Waals surface area contributed by atoms with Crippen molar-refractivity contribution in [2.75, 3.05) is 17.1 Å². The number of nitrogens with zero attached hydrogens (tertiary/aromatic N) is 2. The minimum atomic E-state index is -3.93.